The van der Waals surface area contributed by atoms with Crippen LogP contribution in [0, 0.1) is 0 Å². The molecule has 0 aromatic carbocycles. The molecule has 20 heavy (non-hydrogen) atoms. The van der Waals surface area contributed by atoms with Crippen LogP contribution >= 0.6 is 0 Å². The van der Waals surface area contributed by atoms with Gasteiger partial charge in [0.05, 0.1) is 12.6 Å². The molecule has 0 spiro atoms. The quantitative estimate of drug-likeness (QED) is 0.867. The van der Waals surface area contributed by atoms with E-state index in [2.05, 4.69) is 5.10 Å². The number of rotatable bonds is 3. The van der Waals surface area contributed by atoms with Crippen LogP contribution in [0.1, 0.15) is 37.9 Å². The Hall–Kier alpha value is -1.63. The highest BCUT2D eigenvalue weighted by molar-refractivity contribution is 5.72. The number of nitrogens with zero attached hydrogens (tertiary/aromatic N) is 3. The summed E-state index contributed by atoms with van der Waals surface area (Å²) in [6.07, 6.45) is 4.25. The number of fused-ring (bicyclic) bond motifs is 1. The highest BCUT2D eigenvalue weighted by Crippen LogP contribution is 2.21. The van der Waals surface area contributed by atoms with Crippen molar-refractivity contribution in [1.82, 2.24) is 14.3 Å². The first-order valence-corrected chi connectivity index (χ1v) is 7.20. The van der Waals surface area contributed by atoms with Crippen LogP contribution in [0.15, 0.2) is 4.79 Å². The van der Waals surface area contributed by atoms with Gasteiger partial charge in [-0.1, -0.05) is 6.42 Å². The third-order valence-corrected chi connectivity index (χ3v) is 4.04. The Morgan fingerprint density at radius 2 is 2.20 bits per heavy atom. The van der Waals surface area contributed by atoms with Crippen molar-refractivity contribution in [3.63, 3.8) is 0 Å². The molecule has 0 amide bonds. The number of ether oxygens (including phenoxy) is 1. The van der Waals surface area contributed by atoms with E-state index in [9.17, 15) is 9.59 Å². The van der Waals surface area contributed by atoms with Crippen LogP contribution in [0.25, 0.3) is 0 Å². The van der Waals surface area contributed by atoms with E-state index in [1.165, 1.54) is 4.68 Å². The second-order valence-electron chi connectivity index (χ2n) is 5.51. The highest BCUT2D eigenvalue weighted by Gasteiger charge is 2.31. The lowest BCUT2D eigenvalue weighted by Crippen LogP contribution is -2.30. The zero-order valence-electron chi connectivity index (χ0n) is 11.3. The number of carboxylic acid groups (broad SMARTS) is 1. The fourth-order valence-electron chi connectivity index (χ4n) is 2.96. The molecular formula is C13H19N3O4. The van der Waals surface area contributed by atoms with E-state index < -0.39 is 12.1 Å². The third-order valence-electron chi connectivity index (χ3n) is 4.04. The summed E-state index contributed by atoms with van der Waals surface area (Å²) in [5.74, 6) is -0.0826. The minimum absolute atomic E-state index is 0.0933. The summed E-state index contributed by atoms with van der Waals surface area (Å²) in [5.41, 5.74) is -0.0933. The first-order chi connectivity index (χ1) is 9.65. The van der Waals surface area contributed by atoms with Gasteiger partial charge in [-0.2, -0.15) is 5.10 Å². The first-order valence-electron chi connectivity index (χ1n) is 7.20. The predicted octanol–water partition coefficient (Wildman–Crippen LogP) is 0.403. The summed E-state index contributed by atoms with van der Waals surface area (Å²) in [4.78, 5) is 23.1. The molecule has 1 aromatic heterocycles. The molecule has 2 atom stereocenters. The summed E-state index contributed by atoms with van der Waals surface area (Å²) in [6, 6.07) is 0. The molecule has 1 N–H and O–H groups in total. The van der Waals surface area contributed by atoms with Crippen molar-refractivity contribution in [1.29, 1.82) is 0 Å². The molecule has 0 bridgehead atoms. The largest absolute Gasteiger partial charge is 0.479 e. The average molecular weight is 281 g/mol. The molecule has 3 heterocycles. The SMILES string of the molecule is O=C(O)C1CCC(Cn2nc3n(c2=O)CCCCC3)O1. The van der Waals surface area contributed by atoms with Gasteiger partial charge in [-0.05, 0) is 25.7 Å². The number of aromatic nitrogens is 3. The van der Waals surface area contributed by atoms with Crippen LogP contribution < -0.4 is 5.69 Å². The highest BCUT2D eigenvalue weighted by atomic mass is 16.5. The molecule has 0 saturated carbocycles. The van der Waals surface area contributed by atoms with E-state index in [0.29, 0.717) is 19.4 Å². The number of hydrogen-bond donors (Lipinski definition) is 1. The Labute approximate surface area is 116 Å². The Kier molecular flexibility index (Phi) is 3.60. The van der Waals surface area contributed by atoms with Crippen molar-refractivity contribution in [3.05, 3.63) is 16.3 Å². The third kappa shape index (κ3) is 2.49. The molecular weight excluding hydrogens is 262 g/mol. The summed E-state index contributed by atoms with van der Waals surface area (Å²) in [7, 11) is 0. The molecule has 3 rings (SSSR count). The second kappa shape index (κ2) is 5.40. The van der Waals surface area contributed by atoms with Gasteiger partial charge in [-0.15, -0.1) is 0 Å². The van der Waals surface area contributed by atoms with Gasteiger partial charge in [0.1, 0.15) is 5.82 Å². The summed E-state index contributed by atoms with van der Waals surface area (Å²) >= 11 is 0. The number of hydrogen-bond acceptors (Lipinski definition) is 4. The molecule has 7 heteroatoms. The van der Waals surface area contributed by atoms with E-state index >= 15 is 0 Å². The smallest absolute Gasteiger partial charge is 0.346 e. The maximum atomic E-state index is 12.3. The molecule has 7 nitrogen and oxygen atoms in total. The van der Waals surface area contributed by atoms with Crippen LogP contribution in [0.3, 0.4) is 0 Å². The summed E-state index contributed by atoms with van der Waals surface area (Å²) in [6.45, 7) is 1.08. The Bertz CT molecular complexity index is 562. The van der Waals surface area contributed by atoms with Crippen molar-refractivity contribution in [2.24, 2.45) is 0 Å². The van der Waals surface area contributed by atoms with Gasteiger partial charge in [0.15, 0.2) is 6.10 Å². The monoisotopic (exact) mass is 281 g/mol. The number of aryl methyl sites for hydroxylation is 1. The lowest BCUT2D eigenvalue weighted by atomic mass is 10.2. The van der Waals surface area contributed by atoms with Crippen LogP contribution in [0.2, 0.25) is 0 Å². The Morgan fingerprint density at radius 3 is 2.95 bits per heavy atom. The molecule has 1 fully saturated rings. The first kappa shape index (κ1) is 13.4. The molecule has 1 aromatic rings. The van der Waals surface area contributed by atoms with Crippen molar-refractivity contribution in [2.75, 3.05) is 0 Å². The number of carbonyl (C=O) groups is 1. The fraction of sp³-hybridized carbons (Fsp3) is 0.769. The topological polar surface area (TPSA) is 86.4 Å². The van der Waals surface area contributed by atoms with Gasteiger partial charge in [0, 0.05) is 13.0 Å². The minimum atomic E-state index is -0.930. The van der Waals surface area contributed by atoms with Crippen molar-refractivity contribution < 1.29 is 14.6 Å². The Morgan fingerprint density at radius 1 is 1.35 bits per heavy atom. The molecule has 0 radical (unpaired) electrons. The van der Waals surface area contributed by atoms with E-state index in [0.717, 1.165) is 38.1 Å². The van der Waals surface area contributed by atoms with Gasteiger partial charge in [-0.3, -0.25) is 4.57 Å². The predicted molar refractivity (Wildman–Crippen MR) is 69.6 cm³/mol. The summed E-state index contributed by atoms with van der Waals surface area (Å²) < 4.78 is 8.62. The zero-order chi connectivity index (χ0) is 14.1. The van der Waals surface area contributed by atoms with E-state index in [1.807, 2.05) is 0 Å². The maximum Gasteiger partial charge on any atom is 0.346 e. The second-order valence-corrected chi connectivity index (χ2v) is 5.51. The van der Waals surface area contributed by atoms with Crippen molar-refractivity contribution in [3.8, 4) is 0 Å². The van der Waals surface area contributed by atoms with Crippen LogP contribution in [-0.4, -0.2) is 37.6 Å². The van der Waals surface area contributed by atoms with E-state index in [-0.39, 0.29) is 11.8 Å². The molecule has 2 aliphatic rings. The maximum absolute atomic E-state index is 12.3. The van der Waals surface area contributed by atoms with Gasteiger partial charge >= 0.3 is 11.7 Å². The van der Waals surface area contributed by atoms with Gasteiger partial charge < -0.3 is 9.84 Å². The molecule has 2 unspecified atom stereocenters. The van der Waals surface area contributed by atoms with Crippen LogP contribution in [0.4, 0.5) is 0 Å². The van der Waals surface area contributed by atoms with Gasteiger partial charge in [0.2, 0.25) is 0 Å². The molecule has 110 valence electrons. The van der Waals surface area contributed by atoms with E-state index in [4.69, 9.17) is 9.84 Å². The van der Waals surface area contributed by atoms with E-state index in [1.54, 1.807) is 4.57 Å². The van der Waals surface area contributed by atoms with Crippen LogP contribution in [0.5, 0.6) is 0 Å². The summed E-state index contributed by atoms with van der Waals surface area (Å²) in [5, 5.41) is 13.3. The number of carboxylic acids is 1. The minimum Gasteiger partial charge on any atom is -0.479 e. The molecule has 2 aliphatic heterocycles. The molecule has 1 saturated heterocycles. The van der Waals surface area contributed by atoms with Gasteiger partial charge in [-0.25, -0.2) is 14.3 Å². The fourth-order valence-corrected chi connectivity index (χ4v) is 2.96. The Balaban J connectivity index is 1.73. The zero-order valence-corrected chi connectivity index (χ0v) is 11.3. The van der Waals surface area contributed by atoms with Crippen LogP contribution in [-0.2, 0) is 29.0 Å². The normalized spacial score (nSPS) is 26.2. The lowest BCUT2D eigenvalue weighted by molar-refractivity contribution is -0.149. The van der Waals surface area contributed by atoms with Crippen molar-refractivity contribution in [2.45, 2.75) is 63.8 Å². The standard InChI is InChI=1S/C13H19N3O4/c17-12(18)10-6-5-9(20-10)8-16-13(19)15-7-3-1-2-4-11(15)14-16/h9-10H,1-8H2,(H,17,18). The number of aliphatic carboxylic acids is 1. The molecule has 0 aliphatic carbocycles. The van der Waals surface area contributed by atoms with Crippen molar-refractivity contribution >= 4 is 5.97 Å². The average Bonchev–Trinajstić information content (AvgIpc) is 2.90. The lowest BCUT2D eigenvalue weighted by Gasteiger charge is -2.10. The van der Waals surface area contributed by atoms with Gasteiger partial charge in [0.25, 0.3) is 0 Å².